The van der Waals surface area contributed by atoms with Gasteiger partial charge in [0, 0.05) is 24.3 Å². The highest BCUT2D eigenvalue weighted by molar-refractivity contribution is 5.95. The molecular weight excluding hydrogens is 340 g/mol. The Morgan fingerprint density at radius 3 is 2.27 bits per heavy atom. The molecule has 0 heterocycles. The Hall–Kier alpha value is -2.96. The van der Waals surface area contributed by atoms with E-state index in [0.717, 1.165) is 18.8 Å². The molecule has 138 valence electrons. The van der Waals surface area contributed by atoms with Crippen LogP contribution in [0.1, 0.15) is 29.8 Å². The lowest BCUT2D eigenvalue weighted by Gasteiger charge is -2.20. The summed E-state index contributed by atoms with van der Waals surface area (Å²) in [5, 5.41) is 3.87. The number of ether oxygens (including phenoxy) is 1. The van der Waals surface area contributed by atoms with Gasteiger partial charge in [0.25, 0.3) is 5.91 Å². The first-order valence-electron chi connectivity index (χ1n) is 8.26. The van der Waals surface area contributed by atoms with Gasteiger partial charge in [0.15, 0.2) is 0 Å². The van der Waals surface area contributed by atoms with Crippen molar-refractivity contribution < 1.29 is 18.3 Å². The summed E-state index contributed by atoms with van der Waals surface area (Å²) in [7, 11) is 0. The summed E-state index contributed by atoms with van der Waals surface area (Å²) in [6.07, 6.45) is 1.42. The van der Waals surface area contributed by atoms with Crippen LogP contribution >= 0.6 is 0 Å². The van der Waals surface area contributed by atoms with Crippen LogP contribution in [0.4, 0.5) is 14.5 Å². The third-order valence-corrected chi connectivity index (χ3v) is 3.74. The molecule has 0 unspecified atom stereocenters. The van der Waals surface area contributed by atoms with Gasteiger partial charge in [-0.05, 0) is 67.9 Å². The summed E-state index contributed by atoms with van der Waals surface area (Å²) in [5.74, 6) is -0.264. The van der Waals surface area contributed by atoms with Crippen LogP contribution < -0.4 is 15.1 Å². The molecule has 0 aliphatic carbocycles. The maximum atomic E-state index is 12.1. The summed E-state index contributed by atoms with van der Waals surface area (Å²) >= 11 is 0. The molecule has 5 nitrogen and oxygen atoms in total. The Bertz CT molecular complexity index is 727. The van der Waals surface area contributed by atoms with Crippen molar-refractivity contribution >= 4 is 17.8 Å². The lowest BCUT2D eigenvalue weighted by atomic mass is 10.2. The third kappa shape index (κ3) is 5.54. The molecule has 0 fully saturated rings. The predicted molar refractivity (Wildman–Crippen MR) is 98.1 cm³/mol. The first-order valence-corrected chi connectivity index (χ1v) is 8.26. The minimum Gasteiger partial charge on any atom is -0.435 e. The number of nitrogens with zero attached hydrogens (tertiary/aromatic N) is 2. The van der Waals surface area contributed by atoms with Gasteiger partial charge in [-0.15, -0.1) is 0 Å². The van der Waals surface area contributed by atoms with E-state index in [0.29, 0.717) is 11.1 Å². The number of nitrogens with one attached hydrogen (secondary N) is 1. The Morgan fingerprint density at radius 2 is 1.73 bits per heavy atom. The summed E-state index contributed by atoms with van der Waals surface area (Å²) in [5.41, 5.74) is 4.63. The van der Waals surface area contributed by atoms with Crippen molar-refractivity contribution in [1.82, 2.24) is 5.43 Å². The molecule has 0 saturated heterocycles. The molecule has 0 spiro atoms. The fourth-order valence-corrected chi connectivity index (χ4v) is 2.38. The van der Waals surface area contributed by atoms with Crippen LogP contribution in [0.2, 0.25) is 0 Å². The number of hydrazone groups is 1. The number of hydrogen-bond donors (Lipinski definition) is 1. The molecular formula is C19H21F2N3O2. The number of halogens is 2. The van der Waals surface area contributed by atoms with Crippen molar-refractivity contribution in [2.45, 2.75) is 20.5 Å². The van der Waals surface area contributed by atoms with Gasteiger partial charge in [0.1, 0.15) is 5.75 Å². The van der Waals surface area contributed by atoms with Gasteiger partial charge in [0.2, 0.25) is 0 Å². The highest BCUT2D eigenvalue weighted by atomic mass is 19.3. The number of carbonyl (C=O) groups excluding carboxylic acids is 1. The number of amides is 1. The highest BCUT2D eigenvalue weighted by Crippen LogP contribution is 2.15. The van der Waals surface area contributed by atoms with E-state index in [1.54, 1.807) is 24.3 Å². The van der Waals surface area contributed by atoms with Crippen LogP contribution in [0.3, 0.4) is 0 Å². The molecule has 2 aromatic rings. The van der Waals surface area contributed by atoms with Crippen molar-refractivity contribution in [3.05, 3.63) is 59.7 Å². The molecule has 2 rings (SSSR count). The van der Waals surface area contributed by atoms with Gasteiger partial charge < -0.3 is 9.64 Å². The van der Waals surface area contributed by atoms with Crippen molar-refractivity contribution in [2.24, 2.45) is 5.10 Å². The molecule has 1 amide bonds. The average Bonchev–Trinajstić information content (AvgIpc) is 2.64. The minimum atomic E-state index is -2.86. The number of hydrogen-bond acceptors (Lipinski definition) is 4. The number of benzene rings is 2. The molecule has 7 heteroatoms. The van der Waals surface area contributed by atoms with Crippen LogP contribution in [0.15, 0.2) is 53.6 Å². The van der Waals surface area contributed by atoms with Gasteiger partial charge in [-0.25, -0.2) is 5.43 Å². The normalized spacial score (nSPS) is 11.0. The summed E-state index contributed by atoms with van der Waals surface area (Å²) in [4.78, 5) is 14.3. The Labute approximate surface area is 151 Å². The SMILES string of the molecule is CCN(CC)c1ccc(C(=O)N/N=C\c2ccc(OC(F)F)cc2)cc1. The van der Waals surface area contributed by atoms with Gasteiger partial charge in [-0.3, -0.25) is 4.79 Å². The molecule has 0 bridgehead atoms. The van der Waals surface area contributed by atoms with Crippen LogP contribution in [0.25, 0.3) is 0 Å². The Balaban J connectivity index is 1.92. The lowest BCUT2D eigenvalue weighted by molar-refractivity contribution is -0.0498. The fraction of sp³-hybridized carbons (Fsp3) is 0.263. The molecule has 0 aliphatic rings. The predicted octanol–water partition coefficient (Wildman–Crippen LogP) is 3.90. The monoisotopic (exact) mass is 361 g/mol. The maximum Gasteiger partial charge on any atom is 0.387 e. The standard InChI is InChI=1S/C19H21F2N3O2/c1-3-24(4-2)16-9-7-15(8-10-16)18(25)23-22-13-14-5-11-17(12-6-14)26-19(20)21/h5-13,19H,3-4H2,1-2H3,(H,23,25)/b22-13-. The highest BCUT2D eigenvalue weighted by Gasteiger charge is 2.06. The minimum absolute atomic E-state index is 0.0643. The van der Waals surface area contributed by atoms with E-state index in [-0.39, 0.29) is 11.7 Å². The third-order valence-electron chi connectivity index (χ3n) is 3.74. The molecule has 1 N–H and O–H groups in total. The number of alkyl halides is 2. The van der Waals surface area contributed by atoms with Gasteiger partial charge in [-0.1, -0.05) is 0 Å². The zero-order valence-corrected chi connectivity index (χ0v) is 14.7. The van der Waals surface area contributed by atoms with E-state index >= 15 is 0 Å². The fourth-order valence-electron chi connectivity index (χ4n) is 2.38. The van der Waals surface area contributed by atoms with Crippen LogP contribution in [0.5, 0.6) is 5.75 Å². The Morgan fingerprint density at radius 1 is 1.12 bits per heavy atom. The second kappa shape index (κ2) is 9.50. The Kier molecular flexibility index (Phi) is 7.08. The number of carbonyl (C=O) groups is 1. The van der Waals surface area contributed by atoms with Gasteiger partial charge in [-0.2, -0.15) is 13.9 Å². The molecule has 2 aromatic carbocycles. The largest absolute Gasteiger partial charge is 0.435 e. The van der Waals surface area contributed by atoms with Crippen LogP contribution in [0, 0.1) is 0 Å². The molecule has 0 aliphatic heterocycles. The molecule has 0 saturated carbocycles. The van der Waals surface area contributed by atoms with Crippen LogP contribution in [-0.4, -0.2) is 31.8 Å². The van der Waals surface area contributed by atoms with Gasteiger partial charge in [0.05, 0.1) is 6.21 Å². The molecule has 0 atom stereocenters. The van der Waals surface area contributed by atoms with Gasteiger partial charge >= 0.3 is 6.61 Å². The summed E-state index contributed by atoms with van der Waals surface area (Å²) < 4.78 is 28.4. The second-order valence-corrected chi connectivity index (χ2v) is 5.37. The van der Waals surface area contributed by atoms with Crippen LogP contribution in [-0.2, 0) is 0 Å². The zero-order chi connectivity index (χ0) is 18.9. The topological polar surface area (TPSA) is 53.9 Å². The lowest BCUT2D eigenvalue weighted by Crippen LogP contribution is -2.22. The zero-order valence-electron chi connectivity index (χ0n) is 14.7. The first kappa shape index (κ1) is 19.4. The summed E-state index contributed by atoms with van der Waals surface area (Å²) in [6.45, 7) is 3.08. The quantitative estimate of drug-likeness (QED) is 0.573. The summed E-state index contributed by atoms with van der Waals surface area (Å²) in [6, 6.07) is 13.2. The van der Waals surface area contributed by atoms with E-state index in [9.17, 15) is 13.6 Å². The average molecular weight is 361 g/mol. The smallest absolute Gasteiger partial charge is 0.387 e. The van der Waals surface area contributed by atoms with Crippen molar-refractivity contribution in [3.63, 3.8) is 0 Å². The molecule has 0 radical (unpaired) electrons. The first-order chi connectivity index (χ1) is 12.5. The van der Waals surface area contributed by atoms with Crippen molar-refractivity contribution in [2.75, 3.05) is 18.0 Å². The number of rotatable bonds is 8. The van der Waals surface area contributed by atoms with E-state index < -0.39 is 6.61 Å². The van der Waals surface area contributed by atoms with E-state index in [2.05, 4.69) is 34.0 Å². The van der Waals surface area contributed by atoms with E-state index in [1.165, 1.54) is 18.3 Å². The molecule has 0 aromatic heterocycles. The van der Waals surface area contributed by atoms with Crippen molar-refractivity contribution in [1.29, 1.82) is 0 Å². The second-order valence-electron chi connectivity index (χ2n) is 5.37. The van der Waals surface area contributed by atoms with E-state index in [4.69, 9.17) is 0 Å². The maximum absolute atomic E-state index is 12.1. The number of anilines is 1. The van der Waals surface area contributed by atoms with Crippen molar-refractivity contribution in [3.8, 4) is 5.75 Å². The molecule has 26 heavy (non-hydrogen) atoms. The van der Waals surface area contributed by atoms with E-state index in [1.807, 2.05) is 12.1 Å².